The van der Waals surface area contributed by atoms with Crippen LogP contribution in [0, 0.1) is 0 Å². The maximum Gasteiger partial charge on any atom is 0.115 e. The predicted octanol–water partition coefficient (Wildman–Crippen LogP) is 4.16. The Morgan fingerprint density at radius 3 is 2.04 bits per heavy atom. The van der Waals surface area contributed by atoms with Crippen molar-refractivity contribution in [2.24, 2.45) is 0 Å². The summed E-state index contributed by atoms with van der Waals surface area (Å²) in [5.41, 5.74) is 2.56. The Labute approximate surface area is 143 Å². The van der Waals surface area contributed by atoms with Crippen molar-refractivity contribution in [3.05, 3.63) is 96.1 Å². The molecule has 2 heteroatoms. The van der Waals surface area contributed by atoms with Crippen LogP contribution in [0.25, 0.3) is 11.4 Å². The number of hydrogen-bond donors (Lipinski definition) is 1. The van der Waals surface area contributed by atoms with Crippen molar-refractivity contribution in [3.8, 4) is 0 Å². The zero-order chi connectivity index (χ0) is 16.4. The average molecular weight is 331 g/mol. The van der Waals surface area contributed by atoms with Crippen LogP contribution in [-0.2, 0) is 0 Å². The summed E-state index contributed by atoms with van der Waals surface area (Å²) in [6, 6.07) is 30.0. The molecule has 0 amide bonds. The summed E-state index contributed by atoms with van der Waals surface area (Å²) in [6.07, 6.45) is 3.12. The van der Waals surface area contributed by atoms with Gasteiger partial charge in [-0.05, 0) is 24.3 Å². The number of fused-ring (bicyclic) bond motifs is 1. The standard InChI is InChI=1S/C22H20OP/c23-15-16-24(20-12-5-2-6-13-20)21-14-8-7-11-19(21)17-22(24)18-9-3-1-4-10-18/h1-14,17,23H,15-16H2/q+1. The van der Waals surface area contributed by atoms with Gasteiger partial charge in [-0.25, -0.2) is 0 Å². The highest BCUT2D eigenvalue weighted by Crippen LogP contribution is 2.70. The molecule has 1 atom stereocenters. The highest BCUT2D eigenvalue weighted by atomic mass is 31.2. The highest BCUT2D eigenvalue weighted by Gasteiger charge is 2.51. The Hall–Kier alpha value is -2.21. The Morgan fingerprint density at radius 2 is 1.33 bits per heavy atom. The monoisotopic (exact) mass is 331 g/mol. The van der Waals surface area contributed by atoms with Crippen LogP contribution in [0.4, 0.5) is 0 Å². The SMILES string of the molecule is OCC[P+]1(c2ccccc2)C(c2ccccc2)=Cc2ccccc21. The fraction of sp³-hybridized carbons (Fsp3) is 0.0909. The average Bonchev–Trinajstić information content (AvgIpc) is 2.99. The molecule has 0 radical (unpaired) electrons. The van der Waals surface area contributed by atoms with Gasteiger partial charge in [-0.2, -0.15) is 0 Å². The van der Waals surface area contributed by atoms with E-state index in [0.29, 0.717) is 0 Å². The number of aliphatic hydroxyl groups is 1. The van der Waals surface area contributed by atoms with Crippen molar-refractivity contribution in [2.45, 2.75) is 0 Å². The number of aliphatic hydroxyl groups excluding tert-OH is 1. The first-order valence-electron chi connectivity index (χ1n) is 8.28. The van der Waals surface area contributed by atoms with Crippen LogP contribution < -0.4 is 10.6 Å². The summed E-state index contributed by atoms with van der Waals surface area (Å²) in [6.45, 7) is 0.196. The Kier molecular flexibility index (Phi) is 4.06. The third kappa shape index (κ3) is 2.33. The van der Waals surface area contributed by atoms with Crippen LogP contribution in [-0.4, -0.2) is 17.9 Å². The lowest BCUT2D eigenvalue weighted by Crippen LogP contribution is -2.25. The van der Waals surface area contributed by atoms with E-state index in [1.54, 1.807) is 0 Å². The van der Waals surface area contributed by atoms with Gasteiger partial charge in [0.2, 0.25) is 0 Å². The molecule has 1 aliphatic rings. The molecule has 118 valence electrons. The normalized spacial score (nSPS) is 19.0. The van der Waals surface area contributed by atoms with Crippen LogP contribution in [0.2, 0.25) is 0 Å². The molecule has 3 aromatic rings. The molecule has 0 aromatic heterocycles. The number of rotatable bonds is 4. The van der Waals surface area contributed by atoms with Crippen molar-refractivity contribution in [2.75, 3.05) is 12.8 Å². The molecule has 0 saturated heterocycles. The van der Waals surface area contributed by atoms with Gasteiger partial charge in [-0.1, -0.05) is 66.7 Å². The molecule has 1 unspecified atom stereocenters. The first-order chi connectivity index (χ1) is 11.9. The molecule has 24 heavy (non-hydrogen) atoms. The summed E-state index contributed by atoms with van der Waals surface area (Å²) >= 11 is 0. The maximum absolute atomic E-state index is 9.94. The fourth-order valence-corrected chi connectivity index (χ4v) is 8.14. The third-order valence-electron chi connectivity index (χ3n) is 4.75. The van der Waals surface area contributed by atoms with Crippen molar-refractivity contribution in [1.82, 2.24) is 0 Å². The summed E-state index contributed by atoms with van der Waals surface area (Å²) in [5, 5.41) is 14.1. The van der Waals surface area contributed by atoms with E-state index in [1.807, 2.05) is 0 Å². The zero-order valence-electron chi connectivity index (χ0n) is 13.5. The minimum atomic E-state index is -1.81. The molecular weight excluding hydrogens is 311 g/mol. The van der Waals surface area contributed by atoms with Gasteiger partial charge in [0.25, 0.3) is 0 Å². The second-order valence-corrected chi connectivity index (χ2v) is 9.59. The lowest BCUT2D eigenvalue weighted by molar-refractivity contribution is 0.321. The molecule has 1 nitrogen and oxygen atoms in total. The Morgan fingerprint density at radius 1 is 0.708 bits per heavy atom. The summed E-state index contributed by atoms with van der Waals surface area (Å²) < 4.78 is 0. The summed E-state index contributed by atoms with van der Waals surface area (Å²) in [5.74, 6) is 0. The van der Waals surface area contributed by atoms with E-state index < -0.39 is 7.26 Å². The van der Waals surface area contributed by atoms with Gasteiger partial charge in [-0.15, -0.1) is 0 Å². The van der Waals surface area contributed by atoms with E-state index in [0.717, 1.165) is 6.16 Å². The van der Waals surface area contributed by atoms with Crippen LogP contribution in [0.15, 0.2) is 84.9 Å². The molecule has 0 aliphatic carbocycles. The molecule has 0 bridgehead atoms. The lowest BCUT2D eigenvalue weighted by Gasteiger charge is -2.26. The smallest absolute Gasteiger partial charge is 0.115 e. The molecular formula is C22H20OP+. The Balaban J connectivity index is 2.02. The first kappa shape index (κ1) is 15.3. The van der Waals surface area contributed by atoms with Crippen LogP contribution in [0.5, 0.6) is 0 Å². The molecule has 0 spiro atoms. The highest BCUT2D eigenvalue weighted by molar-refractivity contribution is 7.98. The topological polar surface area (TPSA) is 20.2 Å². The molecule has 1 heterocycles. The minimum Gasteiger partial charge on any atom is -0.393 e. The minimum absolute atomic E-state index is 0.196. The quantitative estimate of drug-likeness (QED) is 0.712. The van der Waals surface area contributed by atoms with Crippen molar-refractivity contribution in [3.63, 3.8) is 0 Å². The largest absolute Gasteiger partial charge is 0.393 e. The van der Waals surface area contributed by atoms with Gasteiger partial charge in [0.15, 0.2) is 0 Å². The molecule has 3 aromatic carbocycles. The Bertz CT molecular complexity index is 871. The van der Waals surface area contributed by atoms with Gasteiger partial charge in [0.05, 0.1) is 12.8 Å². The van der Waals surface area contributed by atoms with E-state index in [1.165, 1.54) is 27.1 Å². The zero-order valence-corrected chi connectivity index (χ0v) is 14.4. The van der Waals surface area contributed by atoms with E-state index in [-0.39, 0.29) is 6.61 Å². The summed E-state index contributed by atoms with van der Waals surface area (Å²) in [4.78, 5) is 0. The van der Waals surface area contributed by atoms with E-state index >= 15 is 0 Å². The van der Waals surface area contributed by atoms with Crippen LogP contribution in [0.3, 0.4) is 0 Å². The number of hydrogen-bond acceptors (Lipinski definition) is 1. The summed E-state index contributed by atoms with van der Waals surface area (Å²) in [7, 11) is -1.81. The first-order valence-corrected chi connectivity index (χ1v) is 10.3. The molecule has 0 fully saturated rings. The molecule has 1 aliphatic heterocycles. The van der Waals surface area contributed by atoms with Gasteiger partial charge in [-0.3, -0.25) is 0 Å². The maximum atomic E-state index is 9.94. The van der Waals surface area contributed by atoms with Crippen molar-refractivity contribution < 1.29 is 5.11 Å². The van der Waals surface area contributed by atoms with Crippen LogP contribution in [0.1, 0.15) is 11.1 Å². The van der Waals surface area contributed by atoms with Gasteiger partial charge in [0, 0.05) is 11.1 Å². The second-order valence-electron chi connectivity index (χ2n) is 6.05. The lowest BCUT2D eigenvalue weighted by atomic mass is 10.1. The van der Waals surface area contributed by atoms with E-state index in [4.69, 9.17) is 0 Å². The molecule has 0 saturated carbocycles. The van der Waals surface area contributed by atoms with E-state index in [2.05, 4.69) is 91.0 Å². The molecule has 1 N–H and O–H groups in total. The third-order valence-corrected chi connectivity index (χ3v) is 9.24. The van der Waals surface area contributed by atoms with Gasteiger partial charge in [0.1, 0.15) is 23.2 Å². The fourth-order valence-electron chi connectivity index (χ4n) is 3.74. The predicted molar refractivity (Wildman–Crippen MR) is 105 cm³/mol. The van der Waals surface area contributed by atoms with Crippen LogP contribution >= 0.6 is 7.26 Å². The van der Waals surface area contributed by atoms with Crippen molar-refractivity contribution >= 4 is 29.3 Å². The van der Waals surface area contributed by atoms with Gasteiger partial charge < -0.3 is 5.11 Å². The second kappa shape index (κ2) is 6.36. The molecule has 4 rings (SSSR count). The number of benzene rings is 3. The van der Waals surface area contributed by atoms with Gasteiger partial charge >= 0.3 is 0 Å². The van der Waals surface area contributed by atoms with Crippen molar-refractivity contribution in [1.29, 1.82) is 0 Å². The van der Waals surface area contributed by atoms with E-state index in [9.17, 15) is 5.11 Å².